The molecule has 116 valence electrons. The summed E-state index contributed by atoms with van der Waals surface area (Å²) in [7, 11) is 1.37. The minimum Gasteiger partial charge on any atom is -0.469 e. The number of rotatable bonds is 2. The van der Waals surface area contributed by atoms with Crippen LogP contribution in [0.5, 0.6) is 0 Å². The van der Waals surface area contributed by atoms with Crippen LogP contribution in [0.1, 0.15) is 29.0 Å². The Hall–Kier alpha value is -2.62. The molecule has 1 fully saturated rings. The van der Waals surface area contributed by atoms with Crippen molar-refractivity contribution in [3.63, 3.8) is 0 Å². The van der Waals surface area contributed by atoms with Crippen LogP contribution in [0.15, 0.2) is 54.6 Å². The van der Waals surface area contributed by atoms with Crippen molar-refractivity contribution < 1.29 is 19.1 Å². The number of benzene rings is 2. The maximum Gasteiger partial charge on any atom is 0.314 e. The van der Waals surface area contributed by atoms with E-state index in [1.165, 1.54) is 7.11 Å². The van der Waals surface area contributed by atoms with Crippen molar-refractivity contribution in [2.45, 2.75) is 17.9 Å². The van der Waals surface area contributed by atoms with Crippen molar-refractivity contribution >= 4 is 11.9 Å². The fourth-order valence-corrected chi connectivity index (χ4v) is 3.94. The van der Waals surface area contributed by atoms with Crippen LogP contribution in [-0.4, -0.2) is 19.0 Å². The van der Waals surface area contributed by atoms with Crippen LogP contribution < -0.4 is 0 Å². The van der Waals surface area contributed by atoms with Crippen molar-refractivity contribution in [2.75, 3.05) is 7.11 Å². The summed E-state index contributed by atoms with van der Waals surface area (Å²) in [4.78, 5) is 24.9. The third kappa shape index (κ3) is 1.78. The fourth-order valence-electron chi connectivity index (χ4n) is 3.94. The van der Waals surface area contributed by atoms with Crippen molar-refractivity contribution in [2.24, 2.45) is 5.92 Å². The molecule has 0 N–H and O–H groups in total. The lowest BCUT2D eigenvalue weighted by atomic mass is 9.62. The monoisotopic (exact) mass is 308 g/mol. The summed E-state index contributed by atoms with van der Waals surface area (Å²) in [6.45, 7) is 0. The van der Waals surface area contributed by atoms with E-state index in [4.69, 9.17) is 9.47 Å². The van der Waals surface area contributed by atoms with Gasteiger partial charge in [-0.3, -0.25) is 9.59 Å². The zero-order valence-corrected chi connectivity index (χ0v) is 12.7. The highest BCUT2D eigenvalue weighted by Crippen LogP contribution is 2.56. The second-order valence-electron chi connectivity index (χ2n) is 5.97. The van der Waals surface area contributed by atoms with E-state index in [1.807, 2.05) is 54.6 Å². The predicted octanol–water partition coefficient (Wildman–Crippen LogP) is 2.76. The van der Waals surface area contributed by atoms with E-state index in [0.717, 1.165) is 16.7 Å². The molecule has 1 aliphatic carbocycles. The molecule has 3 atom stereocenters. The number of ether oxygens (including phenoxy) is 2. The molecular weight excluding hydrogens is 292 g/mol. The molecule has 5 rings (SSSR count). The summed E-state index contributed by atoms with van der Waals surface area (Å²) < 4.78 is 10.9. The van der Waals surface area contributed by atoms with E-state index in [9.17, 15) is 9.59 Å². The average molecular weight is 308 g/mol. The molecule has 23 heavy (non-hydrogen) atoms. The van der Waals surface area contributed by atoms with Crippen molar-refractivity contribution in [1.82, 2.24) is 0 Å². The number of carbonyl (C=O) groups is 2. The molecule has 3 aliphatic rings. The van der Waals surface area contributed by atoms with Crippen LogP contribution in [0.2, 0.25) is 0 Å². The van der Waals surface area contributed by atoms with Crippen LogP contribution in [0.3, 0.4) is 0 Å². The summed E-state index contributed by atoms with van der Waals surface area (Å²) in [5, 5.41) is 0. The molecule has 2 bridgehead atoms. The van der Waals surface area contributed by atoms with Gasteiger partial charge in [0.25, 0.3) is 0 Å². The van der Waals surface area contributed by atoms with Crippen LogP contribution in [0.4, 0.5) is 0 Å². The molecule has 4 heteroatoms. The highest BCUT2D eigenvalue weighted by molar-refractivity contribution is 5.88. The maximum atomic E-state index is 12.5. The highest BCUT2D eigenvalue weighted by atomic mass is 16.6. The van der Waals surface area contributed by atoms with E-state index in [2.05, 4.69) is 0 Å². The Morgan fingerprint density at radius 1 is 1.13 bits per heavy atom. The molecule has 0 amide bonds. The van der Waals surface area contributed by atoms with Crippen LogP contribution >= 0.6 is 0 Å². The second kappa shape index (κ2) is 4.95. The van der Waals surface area contributed by atoms with Gasteiger partial charge in [0.05, 0.1) is 13.0 Å². The predicted molar refractivity (Wildman–Crippen MR) is 82.6 cm³/mol. The van der Waals surface area contributed by atoms with Crippen molar-refractivity contribution in [1.29, 1.82) is 0 Å². The number of fused-ring (bicyclic) bond motifs is 2. The number of methoxy groups -OCH3 is 1. The van der Waals surface area contributed by atoms with Gasteiger partial charge in [0.15, 0.2) is 5.60 Å². The first-order chi connectivity index (χ1) is 11.2. The summed E-state index contributed by atoms with van der Waals surface area (Å²) in [5.41, 5.74) is 1.54. The molecule has 0 radical (unpaired) electrons. The molecule has 4 nitrogen and oxygen atoms in total. The largest absolute Gasteiger partial charge is 0.469 e. The van der Waals surface area contributed by atoms with E-state index in [1.54, 1.807) is 0 Å². The topological polar surface area (TPSA) is 52.6 Å². The van der Waals surface area contributed by atoms with Gasteiger partial charge in [0.1, 0.15) is 5.92 Å². The Morgan fingerprint density at radius 2 is 1.83 bits per heavy atom. The van der Waals surface area contributed by atoms with Crippen LogP contribution in [0, 0.1) is 5.92 Å². The Kier molecular flexibility index (Phi) is 3.01. The molecule has 2 aromatic rings. The molecular formula is C19H16O4. The lowest BCUT2D eigenvalue weighted by Crippen LogP contribution is -2.55. The standard InChI is InChI=1S/C19H16O4/c1-22-18(21)16-11-14-13-9-5-6-10-15(13)19(16,23-17(14)20)12-7-3-2-4-8-12/h2-10,14,16H,11H2,1H3/t14-,16+,19-/m0/s1. The van der Waals surface area contributed by atoms with E-state index >= 15 is 0 Å². The number of carbonyl (C=O) groups excluding carboxylic acids is 2. The summed E-state index contributed by atoms with van der Waals surface area (Å²) in [6.07, 6.45) is 0.414. The van der Waals surface area contributed by atoms with Crippen molar-refractivity contribution in [3.8, 4) is 0 Å². The van der Waals surface area contributed by atoms with Gasteiger partial charge in [-0.1, -0.05) is 54.6 Å². The number of hydrogen-bond donors (Lipinski definition) is 0. The van der Waals surface area contributed by atoms with E-state index in [0.29, 0.717) is 6.42 Å². The van der Waals surface area contributed by atoms with Crippen molar-refractivity contribution in [3.05, 3.63) is 71.3 Å². The van der Waals surface area contributed by atoms with Crippen LogP contribution in [0.25, 0.3) is 0 Å². The van der Waals surface area contributed by atoms with Gasteiger partial charge in [-0.2, -0.15) is 0 Å². The molecule has 0 spiro atoms. The maximum absolute atomic E-state index is 12.5. The SMILES string of the molecule is COC(=O)[C@H]1C[C@@H]2C(=O)O[C@@]1(c1ccccc1)c1ccccc12. The number of hydrogen-bond acceptors (Lipinski definition) is 4. The lowest BCUT2D eigenvalue weighted by Gasteiger charge is -2.50. The van der Waals surface area contributed by atoms with Gasteiger partial charge >= 0.3 is 11.9 Å². The normalized spacial score (nSPS) is 28.0. The third-order valence-electron chi connectivity index (χ3n) is 4.93. The molecule has 0 unspecified atom stereocenters. The summed E-state index contributed by atoms with van der Waals surface area (Å²) >= 11 is 0. The molecule has 2 heterocycles. The van der Waals surface area contributed by atoms with Crippen LogP contribution in [-0.2, 0) is 24.7 Å². The minimum absolute atomic E-state index is 0.271. The third-order valence-corrected chi connectivity index (χ3v) is 4.93. The van der Waals surface area contributed by atoms with Gasteiger partial charge in [0.2, 0.25) is 0 Å². The Bertz CT molecular complexity index is 783. The van der Waals surface area contributed by atoms with E-state index < -0.39 is 17.4 Å². The van der Waals surface area contributed by atoms with Gasteiger partial charge in [0, 0.05) is 11.1 Å². The molecule has 0 aromatic heterocycles. The first-order valence-corrected chi connectivity index (χ1v) is 7.64. The lowest BCUT2D eigenvalue weighted by molar-refractivity contribution is -0.187. The van der Waals surface area contributed by atoms with Gasteiger partial charge in [-0.05, 0) is 12.0 Å². The number of esters is 2. The summed E-state index contributed by atoms with van der Waals surface area (Å²) in [5.74, 6) is -1.55. The molecule has 2 aromatic carbocycles. The zero-order valence-electron chi connectivity index (χ0n) is 12.7. The first-order valence-electron chi connectivity index (χ1n) is 7.64. The van der Waals surface area contributed by atoms with Gasteiger partial charge < -0.3 is 9.47 Å². The quantitative estimate of drug-likeness (QED) is 0.801. The van der Waals surface area contributed by atoms with E-state index in [-0.39, 0.29) is 11.9 Å². The Morgan fingerprint density at radius 3 is 2.57 bits per heavy atom. The smallest absolute Gasteiger partial charge is 0.314 e. The van der Waals surface area contributed by atoms with Gasteiger partial charge in [-0.25, -0.2) is 0 Å². The molecule has 0 saturated carbocycles. The first kappa shape index (κ1) is 14.0. The second-order valence-corrected chi connectivity index (χ2v) is 5.97. The summed E-state index contributed by atoms with van der Waals surface area (Å²) in [6, 6.07) is 17.2. The molecule has 2 aliphatic heterocycles. The zero-order chi connectivity index (χ0) is 16.0. The Balaban J connectivity index is 2.03. The highest BCUT2D eigenvalue weighted by Gasteiger charge is 2.60. The average Bonchev–Trinajstić information content (AvgIpc) is 2.62. The van der Waals surface area contributed by atoms with Gasteiger partial charge in [-0.15, -0.1) is 0 Å². The minimum atomic E-state index is -1.10. The Labute approximate surface area is 134 Å². The molecule has 1 saturated heterocycles. The fraction of sp³-hybridized carbons (Fsp3) is 0.263.